The highest BCUT2D eigenvalue weighted by molar-refractivity contribution is 5.83. The minimum atomic E-state index is -0.944. The van der Waals surface area contributed by atoms with Gasteiger partial charge in [-0.25, -0.2) is 4.79 Å². The van der Waals surface area contributed by atoms with Crippen LogP contribution in [0.15, 0.2) is 5.11 Å². The summed E-state index contributed by atoms with van der Waals surface area (Å²) in [6.45, 7) is 1.49. The van der Waals surface area contributed by atoms with Gasteiger partial charge < -0.3 is 14.9 Å². The van der Waals surface area contributed by atoms with Crippen LogP contribution in [0.2, 0.25) is 0 Å². The number of azide groups is 1. The molecule has 0 aromatic heterocycles. The van der Waals surface area contributed by atoms with Crippen molar-refractivity contribution < 1.29 is 14.7 Å². The fourth-order valence-electron chi connectivity index (χ4n) is 2.79. The standard InChI is InChI=1S/C11H17N5O3/c12-14-13-9-4-2-6-16(10(9)17)8-3-1-5-15(7-8)11(18)19/h8-9H,1-7H2,(H,18,19). The number of amides is 2. The number of likely N-dealkylation sites (tertiary alicyclic amines) is 2. The topological polar surface area (TPSA) is 110 Å². The van der Waals surface area contributed by atoms with Crippen molar-refractivity contribution >= 4 is 12.0 Å². The molecule has 2 unspecified atom stereocenters. The maximum atomic E-state index is 12.2. The van der Waals surface area contributed by atoms with Crippen LogP contribution in [0.5, 0.6) is 0 Å². The highest BCUT2D eigenvalue weighted by Gasteiger charge is 2.35. The van der Waals surface area contributed by atoms with Crippen LogP contribution in [0.1, 0.15) is 25.7 Å². The third kappa shape index (κ3) is 2.90. The molecular formula is C11H17N5O3. The molecule has 19 heavy (non-hydrogen) atoms. The fraction of sp³-hybridized carbons (Fsp3) is 0.818. The molecule has 2 atom stereocenters. The van der Waals surface area contributed by atoms with Crippen molar-refractivity contribution in [2.24, 2.45) is 5.11 Å². The predicted molar refractivity (Wildman–Crippen MR) is 66.5 cm³/mol. The summed E-state index contributed by atoms with van der Waals surface area (Å²) in [7, 11) is 0. The van der Waals surface area contributed by atoms with E-state index in [0.717, 1.165) is 19.3 Å². The smallest absolute Gasteiger partial charge is 0.407 e. The zero-order valence-corrected chi connectivity index (χ0v) is 10.6. The quantitative estimate of drug-likeness (QED) is 0.464. The van der Waals surface area contributed by atoms with E-state index in [1.54, 1.807) is 4.90 Å². The van der Waals surface area contributed by atoms with Gasteiger partial charge in [-0.15, -0.1) is 0 Å². The number of carbonyl (C=O) groups excluding carboxylic acids is 1. The van der Waals surface area contributed by atoms with Gasteiger partial charge in [0.1, 0.15) is 6.04 Å². The number of hydrogen-bond acceptors (Lipinski definition) is 3. The first-order chi connectivity index (χ1) is 9.13. The molecule has 0 spiro atoms. The van der Waals surface area contributed by atoms with E-state index in [2.05, 4.69) is 10.0 Å². The summed E-state index contributed by atoms with van der Waals surface area (Å²) in [6, 6.07) is -0.715. The molecule has 0 saturated carbocycles. The van der Waals surface area contributed by atoms with Crippen molar-refractivity contribution in [2.45, 2.75) is 37.8 Å². The third-order valence-corrected chi connectivity index (χ3v) is 3.74. The van der Waals surface area contributed by atoms with E-state index in [0.29, 0.717) is 26.1 Å². The fourth-order valence-corrected chi connectivity index (χ4v) is 2.79. The maximum Gasteiger partial charge on any atom is 0.407 e. The molecule has 8 nitrogen and oxygen atoms in total. The largest absolute Gasteiger partial charge is 0.465 e. The molecule has 2 aliphatic heterocycles. The Kier molecular flexibility index (Phi) is 4.11. The second kappa shape index (κ2) is 5.79. The van der Waals surface area contributed by atoms with E-state index in [-0.39, 0.29) is 11.9 Å². The molecule has 0 bridgehead atoms. The molecule has 2 aliphatic rings. The lowest BCUT2D eigenvalue weighted by Crippen LogP contribution is -2.55. The van der Waals surface area contributed by atoms with E-state index < -0.39 is 12.1 Å². The van der Waals surface area contributed by atoms with Gasteiger partial charge in [-0.05, 0) is 31.2 Å². The first-order valence-corrected chi connectivity index (χ1v) is 6.46. The first-order valence-electron chi connectivity index (χ1n) is 6.46. The Balaban J connectivity index is 2.05. The van der Waals surface area contributed by atoms with Crippen LogP contribution < -0.4 is 0 Å². The number of piperidine rings is 2. The van der Waals surface area contributed by atoms with Gasteiger partial charge in [-0.1, -0.05) is 5.11 Å². The molecule has 0 aromatic rings. The van der Waals surface area contributed by atoms with Gasteiger partial charge in [0.2, 0.25) is 5.91 Å². The lowest BCUT2D eigenvalue weighted by molar-refractivity contribution is -0.138. The monoisotopic (exact) mass is 267 g/mol. The van der Waals surface area contributed by atoms with Gasteiger partial charge in [0.05, 0.1) is 0 Å². The van der Waals surface area contributed by atoms with Crippen molar-refractivity contribution in [3.8, 4) is 0 Å². The molecule has 0 radical (unpaired) electrons. The maximum absolute atomic E-state index is 12.2. The van der Waals surface area contributed by atoms with Gasteiger partial charge in [0.15, 0.2) is 0 Å². The molecule has 2 amide bonds. The molecule has 2 rings (SSSR count). The molecule has 1 N–H and O–H groups in total. The minimum Gasteiger partial charge on any atom is -0.465 e. The Labute approximate surface area is 110 Å². The van der Waals surface area contributed by atoms with Crippen molar-refractivity contribution in [1.82, 2.24) is 9.80 Å². The third-order valence-electron chi connectivity index (χ3n) is 3.74. The molecule has 2 fully saturated rings. The zero-order valence-electron chi connectivity index (χ0n) is 10.6. The molecular weight excluding hydrogens is 250 g/mol. The summed E-state index contributed by atoms with van der Waals surface area (Å²) in [4.78, 5) is 28.9. The molecule has 0 aromatic carbocycles. The van der Waals surface area contributed by atoms with Gasteiger partial charge in [-0.3, -0.25) is 4.79 Å². The van der Waals surface area contributed by atoms with E-state index in [9.17, 15) is 9.59 Å². The summed E-state index contributed by atoms with van der Waals surface area (Å²) in [6.07, 6.45) is 1.99. The van der Waals surface area contributed by atoms with Gasteiger partial charge in [0, 0.05) is 30.6 Å². The summed E-state index contributed by atoms with van der Waals surface area (Å²) in [5.74, 6) is -0.165. The Bertz CT molecular complexity index is 421. The number of carbonyl (C=O) groups is 2. The predicted octanol–water partition coefficient (Wildman–Crippen LogP) is 1.43. The highest BCUT2D eigenvalue weighted by Crippen LogP contribution is 2.23. The van der Waals surface area contributed by atoms with E-state index in [1.807, 2.05) is 0 Å². The zero-order chi connectivity index (χ0) is 13.8. The summed E-state index contributed by atoms with van der Waals surface area (Å²) < 4.78 is 0. The van der Waals surface area contributed by atoms with Gasteiger partial charge >= 0.3 is 6.09 Å². The lowest BCUT2D eigenvalue weighted by Gasteiger charge is -2.41. The average molecular weight is 267 g/mol. The van der Waals surface area contributed by atoms with Gasteiger partial charge in [0.25, 0.3) is 0 Å². The first kappa shape index (κ1) is 13.5. The van der Waals surface area contributed by atoms with Crippen LogP contribution in [0, 0.1) is 0 Å². The Morgan fingerprint density at radius 2 is 2.11 bits per heavy atom. The van der Waals surface area contributed by atoms with Crippen LogP contribution in [-0.2, 0) is 4.79 Å². The summed E-state index contributed by atoms with van der Waals surface area (Å²) in [5.41, 5.74) is 8.45. The number of hydrogen-bond donors (Lipinski definition) is 1. The van der Waals surface area contributed by atoms with Gasteiger partial charge in [-0.2, -0.15) is 0 Å². The van der Waals surface area contributed by atoms with Crippen LogP contribution in [0.3, 0.4) is 0 Å². The van der Waals surface area contributed by atoms with Crippen LogP contribution in [0.4, 0.5) is 4.79 Å². The Morgan fingerprint density at radius 1 is 1.37 bits per heavy atom. The van der Waals surface area contributed by atoms with Crippen LogP contribution in [0.25, 0.3) is 10.4 Å². The molecule has 104 valence electrons. The van der Waals surface area contributed by atoms with Crippen molar-refractivity contribution in [1.29, 1.82) is 0 Å². The minimum absolute atomic E-state index is 0.0888. The normalized spacial score (nSPS) is 27.9. The Hall–Kier alpha value is -1.95. The van der Waals surface area contributed by atoms with E-state index in [4.69, 9.17) is 10.6 Å². The van der Waals surface area contributed by atoms with Crippen molar-refractivity contribution in [3.63, 3.8) is 0 Å². The summed E-state index contributed by atoms with van der Waals surface area (Å²) >= 11 is 0. The highest BCUT2D eigenvalue weighted by atomic mass is 16.4. The molecule has 2 saturated heterocycles. The molecule has 8 heteroatoms. The Morgan fingerprint density at radius 3 is 2.79 bits per heavy atom. The second-order valence-corrected chi connectivity index (χ2v) is 4.92. The molecule has 2 heterocycles. The van der Waals surface area contributed by atoms with E-state index >= 15 is 0 Å². The lowest BCUT2D eigenvalue weighted by atomic mass is 9.98. The number of rotatable bonds is 2. The SMILES string of the molecule is [N-]=[N+]=NC1CCCN(C2CCCN(C(=O)O)C2)C1=O. The number of carboxylic acid groups (broad SMARTS) is 1. The second-order valence-electron chi connectivity index (χ2n) is 4.92. The van der Waals surface area contributed by atoms with Crippen LogP contribution >= 0.6 is 0 Å². The average Bonchev–Trinajstić information content (AvgIpc) is 2.41. The number of nitrogens with zero attached hydrogens (tertiary/aromatic N) is 5. The van der Waals surface area contributed by atoms with Crippen molar-refractivity contribution in [3.05, 3.63) is 10.4 Å². The molecule has 0 aliphatic carbocycles. The van der Waals surface area contributed by atoms with E-state index in [1.165, 1.54) is 4.90 Å². The van der Waals surface area contributed by atoms with Crippen LogP contribution in [-0.4, -0.2) is 58.6 Å². The summed E-state index contributed by atoms with van der Waals surface area (Å²) in [5, 5.41) is 12.5. The van der Waals surface area contributed by atoms with Crippen molar-refractivity contribution in [2.75, 3.05) is 19.6 Å².